The summed E-state index contributed by atoms with van der Waals surface area (Å²) in [5.74, 6) is -2.08. The summed E-state index contributed by atoms with van der Waals surface area (Å²) in [6.07, 6.45) is -0.325. The number of benzene rings is 1. The number of nitrogens with two attached hydrogens (primary N) is 1. The minimum absolute atomic E-state index is 0.0273. The summed E-state index contributed by atoms with van der Waals surface area (Å²) in [6.45, 7) is 7.18. The Hall–Kier alpha value is -4.45. The molecule has 0 unspecified atom stereocenters. The molecule has 2 aromatic rings. The van der Waals surface area contributed by atoms with Gasteiger partial charge in [-0.25, -0.2) is 0 Å². The van der Waals surface area contributed by atoms with Crippen LogP contribution in [0, 0.1) is 17.9 Å². The number of H-pyrrole nitrogens is 1. The van der Waals surface area contributed by atoms with E-state index in [0.29, 0.717) is 5.69 Å². The van der Waals surface area contributed by atoms with Crippen LogP contribution in [0.15, 0.2) is 28.4 Å². The van der Waals surface area contributed by atoms with Crippen LogP contribution in [0.2, 0.25) is 0 Å². The largest absolute Gasteiger partial charge is 0.481 e. The van der Waals surface area contributed by atoms with Crippen LogP contribution in [0.3, 0.4) is 0 Å². The molecule has 5 N–H and O–H groups in total. The Balaban J connectivity index is 2.21. The lowest BCUT2D eigenvalue weighted by molar-refractivity contribution is -0.137. The maximum atomic E-state index is 10.8. The van der Waals surface area contributed by atoms with E-state index in [1.54, 1.807) is 17.0 Å². The van der Waals surface area contributed by atoms with Crippen molar-refractivity contribution in [3.63, 3.8) is 0 Å². The lowest BCUT2D eigenvalue weighted by Crippen LogP contribution is -2.28. The van der Waals surface area contributed by atoms with Crippen LogP contribution in [-0.4, -0.2) is 45.2 Å². The first-order chi connectivity index (χ1) is 13.8. The van der Waals surface area contributed by atoms with E-state index in [9.17, 15) is 9.59 Å². The van der Waals surface area contributed by atoms with Crippen LogP contribution in [0.25, 0.3) is 4.85 Å². The van der Waals surface area contributed by atoms with E-state index in [1.807, 2.05) is 0 Å². The summed E-state index contributed by atoms with van der Waals surface area (Å²) >= 11 is 0. The van der Waals surface area contributed by atoms with Crippen LogP contribution in [0.5, 0.6) is 0 Å². The van der Waals surface area contributed by atoms with Gasteiger partial charge in [0.15, 0.2) is 5.69 Å². The van der Waals surface area contributed by atoms with Crippen molar-refractivity contribution in [2.24, 2.45) is 10.2 Å². The highest BCUT2D eigenvalue weighted by Gasteiger charge is 2.13. The minimum Gasteiger partial charge on any atom is -0.481 e. The Labute approximate surface area is 164 Å². The zero-order chi connectivity index (χ0) is 21.4. The van der Waals surface area contributed by atoms with Crippen LogP contribution < -0.4 is 10.6 Å². The molecule has 1 aromatic carbocycles. The number of carboxylic acid groups (broad SMARTS) is 2. The molecule has 0 bridgehead atoms. The summed E-state index contributed by atoms with van der Waals surface area (Å²) in [4.78, 5) is 32.8. The molecule has 0 saturated heterocycles. The highest BCUT2D eigenvalue weighted by Crippen LogP contribution is 2.29. The van der Waals surface area contributed by atoms with Gasteiger partial charge < -0.3 is 25.7 Å². The van der Waals surface area contributed by atoms with E-state index in [0.717, 1.165) is 0 Å². The monoisotopic (exact) mass is 396 g/mol. The molecule has 12 nitrogen and oxygen atoms in total. The predicted octanol–water partition coefficient (Wildman–Crippen LogP) is 2.59. The summed E-state index contributed by atoms with van der Waals surface area (Å²) in [5.41, 5.74) is 6.93. The Morgan fingerprint density at radius 1 is 1.28 bits per heavy atom. The van der Waals surface area contributed by atoms with Gasteiger partial charge in [0, 0.05) is 18.8 Å². The lowest BCUT2D eigenvalue weighted by atomic mass is 10.2. The number of hydrogen-bond acceptors (Lipinski definition) is 8. The van der Waals surface area contributed by atoms with Gasteiger partial charge in [0.1, 0.15) is 11.8 Å². The van der Waals surface area contributed by atoms with Crippen molar-refractivity contribution in [2.45, 2.75) is 12.8 Å². The topological polar surface area (TPSA) is 185 Å². The molecule has 0 saturated carbocycles. The normalized spacial score (nSPS) is 10.4. The molecule has 1 aromatic heterocycles. The molecule has 0 atom stereocenters. The Morgan fingerprint density at radius 2 is 1.93 bits per heavy atom. The summed E-state index contributed by atoms with van der Waals surface area (Å²) in [7, 11) is 0. The lowest BCUT2D eigenvalue weighted by Gasteiger charge is -2.24. The number of anilines is 2. The van der Waals surface area contributed by atoms with Gasteiger partial charge in [-0.05, 0) is 18.2 Å². The van der Waals surface area contributed by atoms with Gasteiger partial charge in [0.25, 0.3) is 5.82 Å². The average Bonchev–Trinajstić information content (AvgIpc) is 3.09. The highest BCUT2D eigenvalue weighted by atomic mass is 16.4. The number of rotatable bonds is 9. The van der Waals surface area contributed by atoms with E-state index in [2.05, 4.69) is 25.0 Å². The second-order valence-electron chi connectivity index (χ2n) is 5.70. The number of imidazole rings is 1. The number of nitrogen functional groups attached to an aromatic ring is 1. The number of carboxylic acids is 2. The maximum Gasteiger partial charge on any atom is 0.322 e. The van der Waals surface area contributed by atoms with Crippen LogP contribution in [0.1, 0.15) is 18.5 Å². The van der Waals surface area contributed by atoms with Crippen LogP contribution in [0.4, 0.5) is 28.8 Å². The molecular formula is C17H16N8O4. The van der Waals surface area contributed by atoms with Gasteiger partial charge in [-0.15, -0.1) is 5.11 Å². The standard InChI is InChI=1S/C17H16N8O4/c1-20-16-13(9-18)21-17(22-16)24-23-12-3-2-10(8-11(12)19)25(6-4-14(26)27)7-5-15(28)29/h2-3,8H,4-7,19H2,(H,21,22)(H,26,27)(H,28,29). The molecule has 0 radical (unpaired) electrons. The van der Waals surface area contributed by atoms with Gasteiger partial charge in [-0.3, -0.25) is 14.6 Å². The molecule has 148 valence electrons. The number of aromatic nitrogens is 2. The second kappa shape index (κ2) is 9.48. The Morgan fingerprint density at radius 3 is 2.41 bits per heavy atom. The van der Waals surface area contributed by atoms with E-state index in [-0.39, 0.29) is 54.8 Å². The van der Waals surface area contributed by atoms with Crippen molar-refractivity contribution in [2.75, 3.05) is 23.7 Å². The van der Waals surface area contributed by atoms with E-state index < -0.39 is 11.9 Å². The van der Waals surface area contributed by atoms with Crippen LogP contribution >= 0.6 is 0 Å². The van der Waals surface area contributed by atoms with E-state index in [1.165, 1.54) is 12.1 Å². The fourth-order valence-electron chi connectivity index (χ4n) is 2.32. The first-order valence-electron chi connectivity index (χ1n) is 8.21. The zero-order valence-corrected chi connectivity index (χ0v) is 15.0. The summed E-state index contributed by atoms with van der Waals surface area (Å²) in [5, 5.41) is 34.4. The van der Waals surface area contributed by atoms with Gasteiger partial charge >= 0.3 is 17.9 Å². The molecule has 1 heterocycles. The van der Waals surface area contributed by atoms with Crippen LogP contribution in [-0.2, 0) is 9.59 Å². The third kappa shape index (κ3) is 5.77. The van der Waals surface area contributed by atoms with Crippen molar-refractivity contribution in [1.82, 2.24) is 9.97 Å². The number of aliphatic carboxylic acids is 2. The fraction of sp³-hybridized carbons (Fsp3) is 0.235. The summed E-state index contributed by atoms with van der Waals surface area (Å²) in [6, 6.07) is 6.45. The molecule has 2 rings (SSSR count). The number of aromatic amines is 1. The number of nitrogens with one attached hydrogen (secondary N) is 1. The third-order valence-electron chi connectivity index (χ3n) is 3.71. The van der Waals surface area contributed by atoms with Crippen molar-refractivity contribution >= 4 is 40.8 Å². The van der Waals surface area contributed by atoms with Gasteiger partial charge in [-0.2, -0.15) is 10.2 Å². The average molecular weight is 396 g/mol. The summed E-state index contributed by atoms with van der Waals surface area (Å²) < 4.78 is 0. The van der Waals surface area contributed by atoms with E-state index in [4.69, 9.17) is 27.8 Å². The first kappa shape index (κ1) is 20.9. The maximum absolute atomic E-state index is 10.8. The van der Waals surface area contributed by atoms with Crippen molar-refractivity contribution in [3.8, 4) is 6.07 Å². The molecule has 0 amide bonds. The van der Waals surface area contributed by atoms with Gasteiger partial charge in [-0.1, -0.05) is 11.7 Å². The molecule has 0 aliphatic heterocycles. The van der Waals surface area contributed by atoms with Crippen molar-refractivity contribution in [1.29, 1.82) is 5.26 Å². The van der Waals surface area contributed by atoms with Crippen molar-refractivity contribution in [3.05, 3.63) is 35.3 Å². The van der Waals surface area contributed by atoms with Gasteiger partial charge in [0.2, 0.25) is 0 Å². The first-order valence-corrected chi connectivity index (χ1v) is 8.21. The SMILES string of the molecule is [C-]#[N+]c1[nH]c(N=Nc2ccc(N(CCC(=O)O)CCC(=O)O)cc2N)nc1C#N. The number of carbonyl (C=O) groups is 2. The number of nitrogens with zero attached hydrogens (tertiary/aromatic N) is 6. The molecule has 0 spiro atoms. The molecule has 0 fully saturated rings. The molecular weight excluding hydrogens is 380 g/mol. The fourth-order valence-corrected chi connectivity index (χ4v) is 2.32. The molecule has 0 aliphatic carbocycles. The molecule has 12 heteroatoms. The number of hydrogen-bond donors (Lipinski definition) is 4. The second-order valence-corrected chi connectivity index (χ2v) is 5.70. The molecule has 0 aliphatic rings. The number of nitriles is 1. The molecule has 29 heavy (non-hydrogen) atoms. The van der Waals surface area contributed by atoms with Crippen molar-refractivity contribution < 1.29 is 19.8 Å². The number of azo groups is 1. The quantitative estimate of drug-likeness (QED) is 0.283. The zero-order valence-electron chi connectivity index (χ0n) is 15.0. The van der Waals surface area contributed by atoms with Gasteiger partial charge in [0.05, 0.1) is 18.5 Å². The Kier molecular flexibility index (Phi) is 6.81. The minimum atomic E-state index is -1.00. The smallest absolute Gasteiger partial charge is 0.322 e. The Bertz CT molecular complexity index is 982. The third-order valence-corrected chi connectivity index (χ3v) is 3.71. The van der Waals surface area contributed by atoms with E-state index >= 15 is 0 Å². The predicted molar refractivity (Wildman–Crippen MR) is 101 cm³/mol. The highest BCUT2D eigenvalue weighted by molar-refractivity contribution is 5.72.